The number of aromatic nitrogens is 4. The zero-order valence-electron chi connectivity index (χ0n) is 23.8. The van der Waals surface area contributed by atoms with E-state index in [4.69, 9.17) is 19.4 Å². The second-order valence-corrected chi connectivity index (χ2v) is 14.5. The molecule has 0 fully saturated rings. The Morgan fingerprint density at radius 2 is 1.39 bits per heavy atom. The molecule has 0 saturated heterocycles. The van der Waals surface area contributed by atoms with E-state index >= 15 is 0 Å². The average Bonchev–Trinajstić information content (AvgIpc) is 3.71. The van der Waals surface area contributed by atoms with Crippen LogP contribution in [0.5, 0.6) is 11.5 Å². The molecular formula is C30H30N4O8P2. The number of hydrogen-bond donors (Lipinski definition) is 6. The van der Waals surface area contributed by atoms with E-state index in [0.717, 1.165) is 34.4 Å². The molecule has 2 aliphatic heterocycles. The van der Waals surface area contributed by atoms with Crippen molar-refractivity contribution in [3.8, 4) is 22.6 Å². The molecule has 0 aliphatic carbocycles. The van der Waals surface area contributed by atoms with Crippen molar-refractivity contribution in [1.82, 2.24) is 19.9 Å². The number of nitrogens with one attached hydrogen (secondary N) is 2. The molecule has 6 N–H and O–H groups in total. The van der Waals surface area contributed by atoms with Gasteiger partial charge in [-0.15, -0.1) is 0 Å². The molecule has 5 heterocycles. The molecule has 228 valence electrons. The Bertz CT molecular complexity index is 2010. The zero-order chi connectivity index (χ0) is 31.3. The largest absolute Gasteiger partial charge is 0.480 e. The number of ether oxygens (including phenoxy) is 2. The molecule has 0 saturated carbocycles. The summed E-state index contributed by atoms with van der Waals surface area (Å²) < 4.78 is 34.7. The smallest absolute Gasteiger partial charge is 0.362 e. The van der Waals surface area contributed by atoms with Gasteiger partial charge in [-0.1, -0.05) is 19.9 Å². The van der Waals surface area contributed by atoms with E-state index < -0.39 is 27.9 Å². The number of rotatable bonds is 7. The van der Waals surface area contributed by atoms with Crippen molar-refractivity contribution in [3.05, 3.63) is 83.4 Å². The highest BCUT2D eigenvalue weighted by atomic mass is 31.2. The molecule has 6 rings (SSSR count). The van der Waals surface area contributed by atoms with Crippen molar-refractivity contribution in [2.45, 2.75) is 25.7 Å². The van der Waals surface area contributed by atoms with E-state index in [9.17, 15) is 28.7 Å². The monoisotopic (exact) mass is 636 g/mol. The summed E-state index contributed by atoms with van der Waals surface area (Å²) in [5.41, 5.74) is 6.37. The molecule has 3 aromatic heterocycles. The van der Waals surface area contributed by atoms with E-state index in [1.54, 1.807) is 6.08 Å². The maximum atomic E-state index is 11.7. The Labute approximate surface area is 251 Å². The third kappa shape index (κ3) is 6.71. The minimum absolute atomic E-state index is 0.0281. The SMILES string of the molecule is CC1(C)Cc2cc3ccc([nH]3)c(-c3c(OCP(=O)(O)O)cccc3OCP(=O)(O)O)c3nc(cc4ccc(cc1n2)[nH]4)C=C3. The Morgan fingerprint density at radius 3 is 2.05 bits per heavy atom. The van der Waals surface area contributed by atoms with Gasteiger partial charge in [0.1, 0.15) is 11.5 Å². The second kappa shape index (κ2) is 11.2. The van der Waals surface area contributed by atoms with Crippen LogP contribution in [-0.4, -0.2) is 52.2 Å². The van der Waals surface area contributed by atoms with Crippen LogP contribution in [0.2, 0.25) is 0 Å². The molecule has 0 spiro atoms. The van der Waals surface area contributed by atoms with Crippen LogP contribution in [0.25, 0.3) is 45.3 Å². The summed E-state index contributed by atoms with van der Waals surface area (Å²) in [6.07, 6.45) is 2.46. The first kappa shape index (κ1) is 30.0. The second-order valence-electron chi connectivity index (χ2n) is 11.3. The van der Waals surface area contributed by atoms with Crippen molar-refractivity contribution in [2.75, 3.05) is 12.7 Å². The summed E-state index contributed by atoms with van der Waals surface area (Å²) in [5.74, 6) is 0.0561. The lowest BCUT2D eigenvalue weighted by Gasteiger charge is -2.18. The Balaban J connectivity index is 1.67. The highest BCUT2D eigenvalue weighted by Crippen LogP contribution is 2.46. The first-order chi connectivity index (χ1) is 20.7. The van der Waals surface area contributed by atoms with Crippen LogP contribution >= 0.6 is 15.2 Å². The van der Waals surface area contributed by atoms with Crippen LogP contribution in [0.1, 0.15) is 36.6 Å². The van der Waals surface area contributed by atoms with Gasteiger partial charge < -0.3 is 39.0 Å². The van der Waals surface area contributed by atoms with Gasteiger partial charge in [0, 0.05) is 50.9 Å². The summed E-state index contributed by atoms with van der Waals surface area (Å²) in [6, 6.07) is 18.0. The molecule has 2 aliphatic rings. The number of benzene rings is 1. The summed E-state index contributed by atoms with van der Waals surface area (Å²) in [5, 5.41) is 0. The molecule has 0 atom stereocenters. The van der Waals surface area contributed by atoms with Crippen molar-refractivity contribution >= 4 is 49.4 Å². The molecular weight excluding hydrogens is 606 g/mol. The van der Waals surface area contributed by atoms with Crippen LogP contribution in [0.3, 0.4) is 0 Å². The number of fused-ring (bicyclic) bond motifs is 8. The minimum Gasteiger partial charge on any atom is -0.480 e. The van der Waals surface area contributed by atoms with E-state index in [1.165, 1.54) is 18.2 Å². The van der Waals surface area contributed by atoms with Crippen molar-refractivity contribution in [2.24, 2.45) is 0 Å². The maximum absolute atomic E-state index is 11.7. The van der Waals surface area contributed by atoms with E-state index in [1.807, 2.05) is 48.5 Å². The van der Waals surface area contributed by atoms with Gasteiger partial charge in [0.15, 0.2) is 12.7 Å². The van der Waals surface area contributed by atoms with Gasteiger partial charge in [0.25, 0.3) is 0 Å². The maximum Gasteiger partial charge on any atom is 0.362 e. The molecule has 0 unspecified atom stereocenters. The summed E-state index contributed by atoms with van der Waals surface area (Å²) in [4.78, 5) is 54.7. The number of hydrogen-bond acceptors (Lipinski definition) is 6. The van der Waals surface area contributed by atoms with Gasteiger partial charge in [0.2, 0.25) is 0 Å². The lowest BCUT2D eigenvalue weighted by molar-refractivity contribution is 0.294. The van der Waals surface area contributed by atoms with Crippen LogP contribution in [0.4, 0.5) is 0 Å². The van der Waals surface area contributed by atoms with Gasteiger partial charge in [-0.25, -0.2) is 4.98 Å². The van der Waals surface area contributed by atoms with E-state index in [0.29, 0.717) is 22.5 Å². The summed E-state index contributed by atoms with van der Waals surface area (Å²) in [7, 11) is -9.17. The zero-order valence-corrected chi connectivity index (χ0v) is 25.5. The van der Waals surface area contributed by atoms with Gasteiger partial charge in [-0.2, -0.15) is 0 Å². The Morgan fingerprint density at radius 1 is 0.773 bits per heavy atom. The highest BCUT2D eigenvalue weighted by molar-refractivity contribution is 7.51. The predicted octanol–water partition coefficient (Wildman–Crippen LogP) is 5.70. The molecule has 0 amide bonds. The molecule has 4 aromatic rings. The number of aromatic amines is 2. The van der Waals surface area contributed by atoms with Gasteiger partial charge in [0.05, 0.1) is 17.0 Å². The fourth-order valence-electron chi connectivity index (χ4n) is 5.23. The minimum atomic E-state index is -4.59. The van der Waals surface area contributed by atoms with Crippen LogP contribution in [0, 0.1) is 0 Å². The van der Waals surface area contributed by atoms with Crippen LogP contribution in [-0.2, 0) is 21.0 Å². The Hall–Kier alpha value is -4.02. The predicted molar refractivity (Wildman–Crippen MR) is 167 cm³/mol. The third-order valence-electron chi connectivity index (χ3n) is 7.14. The molecule has 44 heavy (non-hydrogen) atoms. The van der Waals surface area contributed by atoms with Crippen molar-refractivity contribution in [3.63, 3.8) is 0 Å². The van der Waals surface area contributed by atoms with E-state index in [2.05, 4.69) is 23.8 Å². The summed E-state index contributed by atoms with van der Waals surface area (Å²) in [6.45, 7) is 4.28. The standard InChI is InChI=1S/C30H30N4O8P2/c1-30(2)15-22-13-20-9-11-24(33-20)28(23-10-8-19(32-23)12-18-6-7-21(31-18)14-27(30)34-22)29-25(41-16-43(35,36)37)4-3-5-26(29)42-17-44(38,39)40/h3-14,31,33H,15-17H2,1-2H3,(H2,35,36,37)(H2,38,39,40). The van der Waals surface area contributed by atoms with Crippen molar-refractivity contribution < 1.29 is 38.2 Å². The average molecular weight is 637 g/mol. The van der Waals surface area contributed by atoms with Gasteiger partial charge >= 0.3 is 15.2 Å². The molecule has 8 bridgehead atoms. The lowest BCUT2D eigenvalue weighted by atomic mass is 9.87. The first-order valence-corrected chi connectivity index (χ1v) is 17.2. The number of H-pyrrole nitrogens is 2. The third-order valence-corrected chi connectivity index (χ3v) is 8.07. The van der Waals surface area contributed by atoms with E-state index in [-0.39, 0.29) is 22.5 Å². The molecule has 12 nitrogen and oxygen atoms in total. The number of nitrogens with zero attached hydrogens (tertiary/aromatic N) is 2. The fourth-order valence-corrected chi connectivity index (χ4v) is 5.84. The van der Waals surface area contributed by atoms with Gasteiger partial charge in [-0.05, 0) is 66.7 Å². The Kier molecular flexibility index (Phi) is 7.62. The van der Waals surface area contributed by atoms with Crippen molar-refractivity contribution in [1.29, 1.82) is 0 Å². The normalized spacial score (nSPS) is 14.5. The first-order valence-electron chi connectivity index (χ1n) is 13.6. The van der Waals surface area contributed by atoms with Crippen LogP contribution in [0.15, 0.2) is 60.7 Å². The highest BCUT2D eigenvalue weighted by Gasteiger charge is 2.28. The quantitative estimate of drug-likeness (QED) is 0.121. The van der Waals surface area contributed by atoms with Gasteiger partial charge in [-0.3, -0.25) is 14.1 Å². The lowest BCUT2D eigenvalue weighted by Crippen LogP contribution is -2.14. The van der Waals surface area contributed by atoms with Crippen LogP contribution < -0.4 is 9.47 Å². The molecule has 1 aromatic carbocycles. The molecule has 0 radical (unpaired) electrons. The fraction of sp³-hybridized carbons (Fsp3) is 0.200. The topological polar surface area (TPSA) is 191 Å². The summed E-state index contributed by atoms with van der Waals surface area (Å²) >= 11 is 0. The molecule has 14 heteroatoms.